The number of hydrogen-bond donors (Lipinski definition) is 4. The van der Waals surface area contributed by atoms with Gasteiger partial charge in [-0.05, 0) is 24.1 Å². The van der Waals surface area contributed by atoms with E-state index in [0.29, 0.717) is 21.8 Å². The second-order valence-electron chi connectivity index (χ2n) is 3.92. The van der Waals surface area contributed by atoms with Crippen LogP contribution in [0.4, 0.5) is 5.69 Å². The first kappa shape index (κ1) is 13.8. The third-order valence-electron chi connectivity index (χ3n) is 2.48. The first-order valence-corrected chi connectivity index (χ1v) is 5.40. The fourth-order valence-electron chi connectivity index (χ4n) is 1.49. The highest BCUT2D eigenvalue weighted by Gasteiger charge is 2.21. The molecule has 17 heavy (non-hydrogen) atoms. The van der Waals surface area contributed by atoms with Crippen LogP contribution in [-0.4, -0.2) is 22.2 Å². The largest absolute Gasteiger partial charge is 0.397 e. The smallest absolute Gasteiger partial charge is 0.220 e. The standard InChI is InChI=1S/C11H15ClN2O3/c1-5-2-6(3-7(12)10(5)14)11(17)8(15)4-9(13)16/h2-3,8,11,15,17H,4,14H2,1H3,(H2,13,16). The van der Waals surface area contributed by atoms with Crippen LogP contribution in [0.1, 0.15) is 23.7 Å². The quantitative estimate of drug-likeness (QED) is 0.590. The molecule has 0 saturated heterocycles. The van der Waals surface area contributed by atoms with Crippen molar-refractivity contribution in [1.29, 1.82) is 0 Å². The maximum Gasteiger partial charge on any atom is 0.220 e. The molecule has 2 unspecified atom stereocenters. The molecule has 94 valence electrons. The van der Waals surface area contributed by atoms with Crippen LogP contribution in [0, 0.1) is 6.92 Å². The number of nitrogens with two attached hydrogens (primary N) is 2. The Morgan fingerprint density at radius 2 is 2.06 bits per heavy atom. The Kier molecular flexibility index (Phi) is 4.34. The average molecular weight is 259 g/mol. The average Bonchev–Trinajstić information content (AvgIpc) is 2.23. The fourth-order valence-corrected chi connectivity index (χ4v) is 1.77. The number of carbonyl (C=O) groups excluding carboxylic acids is 1. The molecule has 1 aromatic carbocycles. The van der Waals surface area contributed by atoms with Gasteiger partial charge in [0, 0.05) is 0 Å². The van der Waals surface area contributed by atoms with Crippen molar-refractivity contribution in [2.45, 2.75) is 25.6 Å². The SMILES string of the molecule is Cc1cc(C(O)C(O)CC(N)=O)cc(Cl)c1N. The van der Waals surface area contributed by atoms with E-state index < -0.39 is 18.1 Å². The van der Waals surface area contributed by atoms with Crippen LogP contribution in [0.15, 0.2) is 12.1 Å². The maximum atomic E-state index is 10.6. The van der Waals surface area contributed by atoms with E-state index in [-0.39, 0.29) is 6.42 Å². The number of aryl methyl sites for hydroxylation is 1. The van der Waals surface area contributed by atoms with Crippen LogP contribution in [0.3, 0.4) is 0 Å². The van der Waals surface area contributed by atoms with Crippen LogP contribution in [-0.2, 0) is 4.79 Å². The van der Waals surface area contributed by atoms with Crippen molar-refractivity contribution in [3.05, 3.63) is 28.3 Å². The van der Waals surface area contributed by atoms with Crippen molar-refractivity contribution >= 4 is 23.2 Å². The van der Waals surface area contributed by atoms with Gasteiger partial charge in [-0.2, -0.15) is 0 Å². The number of carbonyl (C=O) groups is 1. The monoisotopic (exact) mass is 258 g/mol. The molecule has 0 aliphatic rings. The molecule has 2 atom stereocenters. The summed E-state index contributed by atoms with van der Waals surface area (Å²) in [5.41, 5.74) is 12.1. The van der Waals surface area contributed by atoms with Gasteiger partial charge in [-0.25, -0.2) is 0 Å². The number of benzene rings is 1. The molecular formula is C11H15ClN2O3. The van der Waals surface area contributed by atoms with Gasteiger partial charge >= 0.3 is 0 Å². The number of hydrogen-bond acceptors (Lipinski definition) is 4. The molecule has 6 heteroatoms. The maximum absolute atomic E-state index is 10.6. The lowest BCUT2D eigenvalue weighted by molar-refractivity contribution is -0.121. The first-order chi connectivity index (χ1) is 7.82. The predicted molar refractivity (Wildman–Crippen MR) is 65.4 cm³/mol. The van der Waals surface area contributed by atoms with E-state index in [0.717, 1.165) is 0 Å². The third-order valence-corrected chi connectivity index (χ3v) is 2.79. The third kappa shape index (κ3) is 3.33. The van der Waals surface area contributed by atoms with Crippen LogP contribution >= 0.6 is 11.6 Å². The summed E-state index contributed by atoms with van der Waals surface area (Å²) >= 11 is 5.86. The van der Waals surface area contributed by atoms with E-state index in [1.807, 2.05) is 0 Å². The second kappa shape index (κ2) is 5.35. The fraction of sp³-hybridized carbons (Fsp3) is 0.364. The molecule has 1 aromatic rings. The minimum absolute atomic E-state index is 0.297. The van der Waals surface area contributed by atoms with Gasteiger partial charge < -0.3 is 21.7 Å². The number of aliphatic hydroxyl groups excluding tert-OH is 2. The number of nitrogen functional groups attached to an aromatic ring is 1. The Hall–Kier alpha value is -1.30. The summed E-state index contributed by atoms with van der Waals surface area (Å²) in [6.07, 6.45) is -2.80. The minimum Gasteiger partial charge on any atom is -0.397 e. The van der Waals surface area contributed by atoms with Crippen LogP contribution in [0.2, 0.25) is 5.02 Å². The van der Waals surface area contributed by atoms with E-state index in [2.05, 4.69) is 0 Å². The van der Waals surface area contributed by atoms with Gasteiger partial charge in [-0.15, -0.1) is 0 Å². The predicted octanol–water partition coefficient (Wildman–Crippen LogP) is 0.500. The first-order valence-electron chi connectivity index (χ1n) is 5.03. The normalized spacial score (nSPS) is 14.4. The van der Waals surface area contributed by atoms with Crippen molar-refractivity contribution in [2.24, 2.45) is 5.73 Å². The van der Waals surface area contributed by atoms with Gasteiger partial charge in [-0.3, -0.25) is 4.79 Å². The number of aliphatic hydroxyl groups is 2. The van der Waals surface area contributed by atoms with E-state index in [1.165, 1.54) is 6.07 Å². The Labute approximate surface area is 104 Å². The molecular weight excluding hydrogens is 244 g/mol. The second-order valence-corrected chi connectivity index (χ2v) is 4.32. The number of amides is 1. The van der Waals surface area contributed by atoms with Crippen LogP contribution in [0.5, 0.6) is 0 Å². The highest BCUT2D eigenvalue weighted by Crippen LogP contribution is 2.29. The summed E-state index contributed by atoms with van der Waals surface area (Å²) in [6.45, 7) is 1.73. The molecule has 1 rings (SSSR count). The van der Waals surface area contributed by atoms with Crippen molar-refractivity contribution < 1.29 is 15.0 Å². The molecule has 6 N–H and O–H groups in total. The lowest BCUT2D eigenvalue weighted by Crippen LogP contribution is -2.25. The summed E-state index contributed by atoms with van der Waals surface area (Å²) in [5.74, 6) is -0.685. The molecule has 0 spiro atoms. The molecule has 0 aromatic heterocycles. The van der Waals surface area contributed by atoms with Crippen molar-refractivity contribution in [2.75, 3.05) is 5.73 Å². The highest BCUT2D eigenvalue weighted by molar-refractivity contribution is 6.33. The van der Waals surface area contributed by atoms with Gasteiger partial charge in [-0.1, -0.05) is 17.7 Å². The Balaban J connectivity index is 2.96. The Bertz CT molecular complexity index is 414. The lowest BCUT2D eigenvalue weighted by Gasteiger charge is -2.18. The van der Waals surface area contributed by atoms with Crippen LogP contribution < -0.4 is 11.5 Å². The highest BCUT2D eigenvalue weighted by atomic mass is 35.5. The summed E-state index contributed by atoms with van der Waals surface area (Å²) in [6, 6.07) is 3.06. The number of rotatable bonds is 4. The molecule has 1 amide bonds. The molecule has 0 bridgehead atoms. The Morgan fingerprint density at radius 1 is 1.47 bits per heavy atom. The minimum atomic E-state index is -1.26. The molecule has 0 heterocycles. The van der Waals surface area contributed by atoms with Crippen molar-refractivity contribution in [3.63, 3.8) is 0 Å². The zero-order valence-corrected chi connectivity index (χ0v) is 10.1. The molecule has 5 nitrogen and oxygen atoms in total. The van der Waals surface area contributed by atoms with Gasteiger partial charge in [0.15, 0.2) is 0 Å². The molecule has 0 radical (unpaired) electrons. The van der Waals surface area contributed by atoms with E-state index in [1.54, 1.807) is 13.0 Å². The number of halogens is 1. The molecule has 0 aliphatic heterocycles. The molecule has 0 aliphatic carbocycles. The lowest BCUT2D eigenvalue weighted by atomic mass is 9.99. The van der Waals surface area contributed by atoms with E-state index in [4.69, 9.17) is 23.1 Å². The number of primary amides is 1. The summed E-state index contributed by atoms with van der Waals surface area (Å²) in [7, 11) is 0. The van der Waals surface area contributed by atoms with E-state index >= 15 is 0 Å². The number of anilines is 1. The summed E-state index contributed by atoms with van der Waals surface area (Å²) < 4.78 is 0. The zero-order valence-electron chi connectivity index (χ0n) is 9.35. The summed E-state index contributed by atoms with van der Waals surface area (Å²) in [5, 5.41) is 19.7. The molecule has 0 saturated carbocycles. The van der Waals surface area contributed by atoms with Gasteiger partial charge in [0.05, 0.1) is 23.2 Å². The summed E-state index contributed by atoms with van der Waals surface area (Å²) in [4.78, 5) is 10.6. The van der Waals surface area contributed by atoms with Crippen molar-refractivity contribution in [3.8, 4) is 0 Å². The van der Waals surface area contributed by atoms with Crippen molar-refractivity contribution in [1.82, 2.24) is 0 Å². The van der Waals surface area contributed by atoms with E-state index in [9.17, 15) is 15.0 Å². The zero-order chi connectivity index (χ0) is 13.2. The van der Waals surface area contributed by atoms with Gasteiger partial charge in [0.2, 0.25) is 5.91 Å². The van der Waals surface area contributed by atoms with Gasteiger partial charge in [0.25, 0.3) is 0 Å². The Morgan fingerprint density at radius 3 is 2.53 bits per heavy atom. The topological polar surface area (TPSA) is 110 Å². The van der Waals surface area contributed by atoms with Crippen LogP contribution in [0.25, 0.3) is 0 Å². The molecule has 0 fully saturated rings. The van der Waals surface area contributed by atoms with Gasteiger partial charge in [0.1, 0.15) is 6.10 Å².